The molecule has 1 aromatic heterocycles. The molecule has 6 nitrogen and oxygen atoms in total. The summed E-state index contributed by atoms with van der Waals surface area (Å²) >= 11 is 0. The Bertz CT molecular complexity index is 814. The van der Waals surface area contributed by atoms with E-state index in [1.165, 1.54) is 5.56 Å². The van der Waals surface area contributed by atoms with E-state index in [1.807, 2.05) is 40.3 Å². The van der Waals surface area contributed by atoms with Gasteiger partial charge < -0.3 is 15.1 Å². The first-order valence-corrected chi connectivity index (χ1v) is 9.74. The molecule has 0 bridgehead atoms. The van der Waals surface area contributed by atoms with Crippen molar-refractivity contribution in [2.75, 3.05) is 47.8 Å². The highest BCUT2D eigenvalue weighted by Gasteiger charge is 2.30. The predicted molar refractivity (Wildman–Crippen MR) is 110 cm³/mol. The number of carbonyl (C=O) groups excluding carboxylic acids is 1. The molecule has 1 saturated heterocycles. The highest BCUT2D eigenvalue weighted by Crippen LogP contribution is 2.29. The van der Waals surface area contributed by atoms with Gasteiger partial charge in [-0.1, -0.05) is 18.2 Å². The number of rotatable bonds is 3. The number of piperazine rings is 1. The van der Waals surface area contributed by atoms with E-state index in [9.17, 15) is 4.79 Å². The monoisotopic (exact) mass is 365 g/mol. The van der Waals surface area contributed by atoms with Crippen LogP contribution in [0.1, 0.15) is 19.4 Å². The number of carbonyl (C=O) groups is 1. The van der Waals surface area contributed by atoms with Crippen LogP contribution in [0, 0.1) is 0 Å². The van der Waals surface area contributed by atoms with Crippen molar-refractivity contribution >= 4 is 23.2 Å². The minimum atomic E-state index is 0.126. The summed E-state index contributed by atoms with van der Waals surface area (Å²) in [4.78, 5) is 23.8. The molecule has 1 aromatic carbocycles. The van der Waals surface area contributed by atoms with Gasteiger partial charge in [-0.25, -0.2) is 9.78 Å². The first kappa shape index (κ1) is 17.6. The molecule has 4 rings (SSSR count). The zero-order chi connectivity index (χ0) is 18.8. The topological polar surface area (TPSA) is 51.7 Å². The Kier molecular flexibility index (Phi) is 4.88. The lowest BCUT2D eigenvalue weighted by Crippen LogP contribution is -2.53. The average molecular weight is 365 g/mol. The molecule has 1 N–H and O–H groups in total. The molecule has 0 spiro atoms. The van der Waals surface area contributed by atoms with E-state index in [0.29, 0.717) is 6.04 Å². The Labute approximate surface area is 160 Å². The van der Waals surface area contributed by atoms with Gasteiger partial charge in [0.05, 0.1) is 5.69 Å². The minimum absolute atomic E-state index is 0.126. The number of hydrogen-bond donors (Lipinski definition) is 1. The lowest BCUT2D eigenvalue weighted by Gasteiger charge is -2.38. The van der Waals surface area contributed by atoms with Gasteiger partial charge in [-0.05, 0) is 44.0 Å². The standard InChI is InChI=1S/C21H27N5O/c1-16(2)23-18-7-5-10-22-20(18)24-12-14-25(15-13-24)21(27)26-11-9-17-6-3-4-8-19(17)26/h3-8,10,16,23H,9,11-15H2,1-2H3. The first-order chi connectivity index (χ1) is 13.1. The second kappa shape index (κ2) is 7.47. The molecule has 0 aliphatic carbocycles. The maximum atomic E-state index is 13.0. The van der Waals surface area contributed by atoms with Crippen LogP contribution in [0.25, 0.3) is 0 Å². The molecule has 0 saturated carbocycles. The van der Waals surface area contributed by atoms with Gasteiger partial charge in [-0.3, -0.25) is 4.90 Å². The smallest absolute Gasteiger partial charge is 0.324 e. The molecule has 1 fully saturated rings. The fraction of sp³-hybridized carbons (Fsp3) is 0.429. The van der Waals surface area contributed by atoms with Gasteiger partial charge in [0.25, 0.3) is 0 Å². The van der Waals surface area contributed by atoms with Gasteiger partial charge in [0, 0.05) is 50.6 Å². The van der Waals surface area contributed by atoms with Crippen LogP contribution in [-0.2, 0) is 6.42 Å². The Hall–Kier alpha value is -2.76. The maximum absolute atomic E-state index is 13.0. The number of pyridine rings is 1. The van der Waals surface area contributed by atoms with Crippen LogP contribution in [0.5, 0.6) is 0 Å². The molecular weight excluding hydrogens is 338 g/mol. The number of amides is 2. The van der Waals surface area contributed by atoms with E-state index in [-0.39, 0.29) is 6.03 Å². The van der Waals surface area contributed by atoms with Crippen LogP contribution < -0.4 is 15.1 Å². The van der Waals surface area contributed by atoms with Crippen LogP contribution in [0.15, 0.2) is 42.6 Å². The number of aromatic nitrogens is 1. The summed E-state index contributed by atoms with van der Waals surface area (Å²) in [5.41, 5.74) is 3.39. The zero-order valence-electron chi connectivity index (χ0n) is 16.1. The van der Waals surface area contributed by atoms with Gasteiger partial charge in [0.2, 0.25) is 0 Å². The summed E-state index contributed by atoms with van der Waals surface area (Å²) in [5, 5.41) is 3.47. The van der Waals surface area contributed by atoms with Crippen molar-refractivity contribution in [1.29, 1.82) is 0 Å². The summed E-state index contributed by atoms with van der Waals surface area (Å²) in [5.74, 6) is 0.977. The van der Waals surface area contributed by atoms with Crippen molar-refractivity contribution in [3.63, 3.8) is 0 Å². The summed E-state index contributed by atoms with van der Waals surface area (Å²) in [6.07, 6.45) is 2.78. The normalized spacial score (nSPS) is 16.6. The van der Waals surface area contributed by atoms with Crippen LogP contribution in [0.2, 0.25) is 0 Å². The number of benzene rings is 1. The fourth-order valence-electron chi connectivity index (χ4n) is 3.89. The van der Waals surface area contributed by atoms with E-state index < -0.39 is 0 Å². The Morgan fingerprint density at radius 3 is 2.59 bits per heavy atom. The third-order valence-corrected chi connectivity index (χ3v) is 5.20. The Morgan fingerprint density at radius 2 is 1.81 bits per heavy atom. The number of anilines is 3. The number of urea groups is 1. The predicted octanol–water partition coefficient (Wildman–Crippen LogP) is 3.21. The lowest BCUT2D eigenvalue weighted by atomic mass is 10.2. The molecule has 2 aromatic rings. The quantitative estimate of drug-likeness (QED) is 0.907. The molecule has 27 heavy (non-hydrogen) atoms. The van der Waals surface area contributed by atoms with Crippen molar-refractivity contribution < 1.29 is 4.79 Å². The van der Waals surface area contributed by atoms with Crippen LogP contribution in [0.3, 0.4) is 0 Å². The van der Waals surface area contributed by atoms with Gasteiger partial charge in [0.1, 0.15) is 0 Å². The fourth-order valence-corrected chi connectivity index (χ4v) is 3.89. The molecule has 6 heteroatoms. The van der Waals surface area contributed by atoms with E-state index in [2.05, 4.69) is 41.2 Å². The third kappa shape index (κ3) is 3.56. The van der Waals surface area contributed by atoms with E-state index in [0.717, 1.165) is 56.3 Å². The summed E-state index contributed by atoms with van der Waals surface area (Å²) in [6, 6.07) is 12.7. The second-order valence-corrected chi connectivity index (χ2v) is 7.46. The Balaban J connectivity index is 1.42. The SMILES string of the molecule is CC(C)Nc1cccnc1N1CCN(C(=O)N2CCc3ccccc32)CC1. The lowest BCUT2D eigenvalue weighted by molar-refractivity contribution is 0.201. The van der Waals surface area contributed by atoms with Gasteiger partial charge >= 0.3 is 6.03 Å². The van der Waals surface area contributed by atoms with Crippen molar-refractivity contribution in [2.45, 2.75) is 26.3 Å². The van der Waals surface area contributed by atoms with Gasteiger partial charge in [-0.15, -0.1) is 0 Å². The van der Waals surface area contributed by atoms with Gasteiger partial charge in [0.15, 0.2) is 5.82 Å². The highest BCUT2D eigenvalue weighted by atomic mass is 16.2. The van der Waals surface area contributed by atoms with E-state index in [4.69, 9.17) is 0 Å². The summed E-state index contributed by atoms with van der Waals surface area (Å²) in [6.45, 7) is 8.06. The molecule has 3 heterocycles. The summed E-state index contributed by atoms with van der Waals surface area (Å²) in [7, 11) is 0. The van der Waals surface area contributed by atoms with Crippen molar-refractivity contribution in [3.05, 3.63) is 48.2 Å². The number of hydrogen-bond acceptors (Lipinski definition) is 4. The van der Waals surface area contributed by atoms with Crippen LogP contribution in [-0.4, -0.2) is 54.7 Å². The molecule has 0 unspecified atom stereocenters. The number of nitrogens with zero attached hydrogens (tertiary/aromatic N) is 4. The Morgan fingerprint density at radius 1 is 1.04 bits per heavy atom. The van der Waals surface area contributed by atoms with Crippen molar-refractivity contribution in [1.82, 2.24) is 9.88 Å². The first-order valence-electron chi connectivity index (χ1n) is 9.74. The zero-order valence-corrected chi connectivity index (χ0v) is 16.1. The molecule has 142 valence electrons. The van der Waals surface area contributed by atoms with Crippen molar-refractivity contribution in [2.24, 2.45) is 0 Å². The largest absolute Gasteiger partial charge is 0.380 e. The molecule has 0 radical (unpaired) electrons. The molecule has 2 amide bonds. The maximum Gasteiger partial charge on any atom is 0.324 e. The average Bonchev–Trinajstić information content (AvgIpc) is 3.12. The number of fused-ring (bicyclic) bond motifs is 1. The number of nitrogens with one attached hydrogen (secondary N) is 1. The second-order valence-electron chi connectivity index (χ2n) is 7.46. The minimum Gasteiger partial charge on any atom is -0.380 e. The third-order valence-electron chi connectivity index (χ3n) is 5.20. The van der Waals surface area contributed by atoms with Gasteiger partial charge in [-0.2, -0.15) is 0 Å². The summed E-state index contributed by atoms with van der Waals surface area (Å²) < 4.78 is 0. The highest BCUT2D eigenvalue weighted by molar-refractivity contribution is 5.94. The number of para-hydroxylation sites is 1. The van der Waals surface area contributed by atoms with Crippen LogP contribution in [0.4, 0.5) is 22.0 Å². The molecular formula is C21H27N5O. The molecule has 0 atom stereocenters. The van der Waals surface area contributed by atoms with Crippen molar-refractivity contribution in [3.8, 4) is 0 Å². The van der Waals surface area contributed by atoms with E-state index >= 15 is 0 Å². The van der Waals surface area contributed by atoms with Crippen LogP contribution >= 0.6 is 0 Å². The molecule has 2 aliphatic heterocycles. The molecule has 2 aliphatic rings. The van der Waals surface area contributed by atoms with E-state index in [1.54, 1.807) is 0 Å².